The highest BCUT2D eigenvalue weighted by Crippen LogP contribution is 2.47. The summed E-state index contributed by atoms with van der Waals surface area (Å²) in [7, 11) is 0. The Bertz CT molecular complexity index is 2960. The van der Waals surface area contributed by atoms with Gasteiger partial charge in [0.15, 0.2) is 0 Å². The molecule has 0 N–H and O–H groups in total. The molecule has 0 radical (unpaired) electrons. The highest BCUT2D eigenvalue weighted by Gasteiger charge is 2.19. The molecule has 9 aromatic rings. The van der Waals surface area contributed by atoms with E-state index in [4.69, 9.17) is 2.74 Å². The molecule has 0 spiro atoms. The van der Waals surface area contributed by atoms with Crippen LogP contribution in [0.15, 0.2) is 182 Å². The van der Waals surface area contributed by atoms with Gasteiger partial charge in [0.1, 0.15) is 0 Å². The third kappa shape index (κ3) is 4.30. The van der Waals surface area contributed by atoms with Gasteiger partial charge in [-0.25, -0.2) is 0 Å². The molecule has 9 aromatic carbocycles. The fraction of sp³-hybridized carbons (Fsp3) is 0. The average molecular weight is 590 g/mol. The van der Waals surface area contributed by atoms with Crippen LogP contribution in [0.4, 0.5) is 0 Å². The molecule has 0 atom stereocenters. The molecular formula is C46H30. The van der Waals surface area contributed by atoms with Crippen molar-refractivity contribution in [1.29, 1.82) is 0 Å². The fourth-order valence-electron chi connectivity index (χ4n) is 6.76. The molecule has 9 rings (SSSR count). The number of rotatable bonds is 4. The number of hydrogen-bond acceptors (Lipinski definition) is 0. The van der Waals surface area contributed by atoms with Crippen molar-refractivity contribution in [3.05, 3.63) is 182 Å². The molecule has 0 saturated carbocycles. The molecule has 0 heterocycles. The average Bonchev–Trinajstić information content (AvgIpc) is 3.20. The van der Waals surface area contributed by atoms with Crippen LogP contribution in [-0.2, 0) is 0 Å². The van der Waals surface area contributed by atoms with Crippen molar-refractivity contribution >= 4 is 43.1 Å². The summed E-state index contributed by atoms with van der Waals surface area (Å²) in [6, 6.07) is 43.5. The summed E-state index contributed by atoms with van der Waals surface area (Å²) in [5.74, 6) is 0. The highest BCUT2D eigenvalue weighted by atomic mass is 14.2. The molecule has 0 aliphatic carbocycles. The van der Waals surface area contributed by atoms with Crippen molar-refractivity contribution in [3.8, 4) is 44.5 Å². The van der Waals surface area contributed by atoms with Gasteiger partial charge in [0, 0.05) is 0 Å². The molecule has 0 heteroatoms. The first-order valence-electron chi connectivity index (χ1n) is 18.9. The minimum atomic E-state index is -0.385. The van der Waals surface area contributed by atoms with Crippen LogP contribution in [0.25, 0.3) is 87.6 Å². The Morgan fingerprint density at radius 3 is 1.67 bits per heavy atom. The van der Waals surface area contributed by atoms with Gasteiger partial charge >= 0.3 is 0 Å². The second kappa shape index (κ2) is 10.9. The molecule has 0 bridgehead atoms. The smallest absolute Gasteiger partial charge is 0.0622 e. The van der Waals surface area contributed by atoms with E-state index in [2.05, 4.69) is 0 Å². The van der Waals surface area contributed by atoms with Crippen molar-refractivity contribution in [3.63, 3.8) is 0 Å². The Hall–Kier alpha value is -5.98. The summed E-state index contributed by atoms with van der Waals surface area (Å²) < 4.78 is 65.8. The van der Waals surface area contributed by atoms with Crippen molar-refractivity contribution in [2.24, 2.45) is 0 Å². The molecule has 0 fully saturated rings. The minimum Gasteiger partial charge on any atom is -0.0622 e. The minimum absolute atomic E-state index is 0.0240. The summed E-state index contributed by atoms with van der Waals surface area (Å²) >= 11 is 0. The largest absolute Gasteiger partial charge is 0.0636 e. The second-order valence-corrected chi connectivity index (χ2v) is 11.5. The first-order chi connectivity index (χ1) is 25.8. The van der Waals surface area contributed by atoms with Gasteiger partial charge in [-0.1, -0.05) is 170 Å². The van der Waals surface area contributed by atoms with Crippen LogP contribution in [0.5, 0.6) is 0 Å². The maximum Gasteiger partial charge on any atom is 0.0636 e. The maximum absolute atomic E-state index is 9.98. The molecule has 46 heavy (non-hydrogen) atoms. The Morgan fingerprint density at radius 2 is 0.913 bits per heavy atom. The standard InChI is InChI=1S/C46H30/c1-3-14-32(15-4-1)37-27-28-42(39-20-10-9-19-38(37)39)46-41-22-12-11-21-40(41)45(33-16-5-2-6-17-33)44-30-36(25-26-43(44)46)35-24-23-31-13-7-8-18-34(31)29-35/h1-30H/i11D,12D,21D,22D,25D,26D,30D. The van der Waals surface area contributed by atoms with Gasteiger partial charge in [0.05, 0.1) is 9.60 Å². The maximum atomic E-state index is 9.98. The summed E-state index contributed by atoms with van der Waals surface area (Å²) in [6.07, 6.45) is 0. The van der Waals surface area contributed by atoms with E-state index in [-0.39, 0.29) is 53.1 Å². The van der Waals surface area contributed by atoms with E-state index in [1.807, 2.05) is 140 Å². The van der Waals surface area contributed by atoms with Gasteiger partial charge in [0.25, 0.3) is 0 Å². The van der Waals surface area contributed by atoms with Crippen LogP contribution in [0.1, 0.15) is 9.60 Å². The molecule has 0 amide bonds. The van der Waals surface area contributed by atoms with E-state index >= 15 is 0 Å². The summed E-state index contributed by atoms with van der Waals surface area (Å²) in [5, 5.41) is 4.91. The lowest BCUT2D eigenvalue weighted by atomic mass is 9.83. The Balaban J connectivity index is 1.54. The summed E-state index contributed by atoms with van der Waals surface area (Å²) in [4.78, 5) is 0. The van der Waals surface area contributed by atoms with Gasteiger partial charge in [-0.15, -0.1) is 0 Å². The molecule has 0 saturated heterocycles. The normalized spacial score (nSPS) is 13.6. The van der Waals surface area contributed by atoms with Crippen LogP contribution in [0, 0.1) is 0 Å². The zero-order valence-electron chi connectivity index (χ0n) is 31.8. The first kappa shape index (κ1) is 20.1. The van der Waals surface area contributed by atoms with E-state index in [0.29, 0.717) is 44.2 Å². The van der Waals surface area contributed by atoms with Gasteiger partial charge in [0.2, 0.25) is 0 Å². The predicted octanol–water partition coefficient (Wildman–Crippen LogP) is 13.0. The second-order valence-electron chi connectivity index (χ2n) is 11.5. The topological polar surface area (TPSA) is 0 Å². The molecule has 214 valence electrons. The number of hydrogen-bond donors (Lipinski definition) is 0. The van der Waals surface area contributed by atoms with E-state index in [1.54, 1.807) is 0 Å². The Labute approximate surface area is 278 Å². The molecule has 0 nitrogen and oxygen atoms in total. The lowest BCUT2D eigenvalue weighted by Gasteiger charge is -2.20. The molecule has 0 aliphatic rings. The monoisotopic (exact) mass is 589 g/mol. The van der Waals surface area contributed by atoms with Crippen LogP contribution in [0.3, 0.4) is 0 Å². The lowest BCUT2D eigenvalue weighted by Crippen LogP contribution is -1.93. The third-order valence-corrected chi connectivity index (χ3v) is 8.88. The highest BCUT2D eigenvalue weighted by molar-refractivity contribution is 6.24. The lowest BCUT2D eigenvalue weighted by molar-refractivity contribution is 1.63. The van der Waals surface area contributed by atoms with Crippen molar-refractivity contribution in [2.45, 2.75) is 0 Å². The van der Waals surface area contributed by atoms with Crippen LogP contribution in [0.2, 0.25) is 0 Å². The van der Waals surface area contributed by atoms with Crippen LogP contribution >= 0.6 is 0 Å². The zero-order valence-corrected chi connectivity index (χ0v) is 24.8. The first-order valence-corrected chi connectivity index (χ1v) is 15.4. The zero-order chi connectivity index (χ0) is 36.5. The summed E-state index contributed by atoms with van der Waals surface area (Å²) in [6.45, 7) is 0. The van der Waals surface area contributed by atoms with Crippen molar-refractivity contribution in [2.75, 3.05) is 0 Å². The van der Waals surface area contributed by atoms with Gasteiger partial charge < -0.3 is 0 Å². The number of benzene rings is 9. The Morgan fingerprint density at radius 1 is 0.326 bits per heavy atom. The van der Waals surface area contributed by atoms with E-state index in [0.717, 1.165) is 32.7 Å². The van der Waals surface area contributed by atoms with Crippen LogP contribution < -0.4 is 0 Å². The molecule has 0 aliphatic heterocycles. The summed E-state index contributed by atoms with van der Waals surface area (Å²) in [5.41, 5.74) is 5.10. The van der Waals surface area contributed by atoms with Crippen LogP contribution in [-0.4, -0.2) is 0 Å². The van der Waals surface area contributed by atoms with Gasteiger partial charge in [-0.05, 0) is 99.7 Å². The quantitative estimate of drug-likeness (QED) is 0.179. The van der Waals surface area contributed by atoms with Crippen molar-refractivity contribution in [1.82, 2.24) is 0 Å². The van der Waals surface area contributed by atoms with Crippen molar-refractivity contribution < 1.29 is 9.60 Å². The third-order valence-electron chi connectivity index (χ3n) is 8.88. The number of fused-ring (bicyclic) bond motifs is 4. The van der Waals surface area contributed by atoms with E-state index in [9.17, 15) is 6.85 Å². The predicted molar refractivity (Wildman–Crippen MR) is 198 cm³/mol. The fourth-order valence-corrected chi connectivity index (χ4v) is 6.76. The van der Waals surface area contributed by atoms with Gasteiger partial charge in [-0.3, -0.25) is 0 Å². The van der Waals surface area contributed by atoms with E-state index in [1.165, 1.54) is 0 Å². The SMILES string of the molecule is [2H]c1c([2H])c([2H])c2c(-c3ccc(-c4ccccc4)c4ccccc34)c3c([2H])c([2H])c(-c4ccc5ccccc5c4)c([2H])c3c(-c3ccccc3)c2c1[2H]. The molecular weight excluding hydrogens is 553 g/mol. The van der Waals surface area contributed by atoms with E-state index < -0.39 is 0 Å². The van der Waals surface area contributed by atoms with Gasteiger partial charge in [-0.2, -0.15) is 0 Å². The Kier molecular flexibility index (Phi) is 4.76. The molecule has 0 aromatic heterocycles. The molecule has 0 unspecified atom stereocenters.